The van der Waals surface area contributed by atoms with Crippen molar-refractivity contribution in [2.45, 2.75) is 18.9 Å². The Hall–Kier alpha value is -2.83. The number of aromatic nitrogens is 4. The van der Waals surface area contributed by atoms with Crippen LogP contribution in [0.3, 0.4) is 0 Å². The van der Waals surface area contributed by atoms with Gasteiger partial charge in [-0.25, -0.2) is 0 Å². The third-order valence-corrected chi connectivity index (χ3v) is 4.17. The van der Waals surface area contributed by atoms with Gasteiger partial charge in [-0.1, -0.05) is 0 Å². The summed E-state index contributed by atoms with van der Waals surface area (Å²) in [5, 5.41) is 11.3. The van der Waals surface area contributed by atoms with Crippen molar-refractivity contribution in [2.75, 3.05) is 13.1 Å². The van der Waals surface area contributed by atoms with E-state index in [1.165, 1.54) is 0 Å². The molecule has 0 unspecified atom stereocenters. The van der Waals surface area contributed by atoms with Crippen LogP contribution in [0.25, 0.3) is 11.5 Å². The van der Waals surface area contributed by atoms with E-state index in [-0.39, 0.29) is 11.9 Å². The van der Waals surface area contributed by atoms with Crippen molar-refractivity contribution in [1.29, 1.82) is 0 Å². The van der Waals surface area contributed by atoms with Crippen LogP contribution < -0.4 is 0 Å². The Balaban J connectivity index is 1.50. The second kappa shape index (κ2) is 5.75. The summed E-state index contributed by atoms with van der Waals surface area (Å²) in [5.74, 6) is 0.612. The minimum absolute atomic E-state index is 0.0593. The second-order valence-corrected chi connectivity index (χ2v) is 5.68. The molecule has 3 aromatic rings. The summed E-state index contributed by atoms with van der Waals surface area (Å²) in [4.78, 5) is 14.5. The summed E-state index contributed by atoms with van der Waals surface area (Å²) in [6.07, 6.45) is 7.30. The molecule has 7 nitrogen and oxygen atoms in total. The Morgan fingerprint density at radius 1 is 1.39 bits per heavy atom. The molecule has 7 heteroatoms. The molecular formula is C16H17N5O2. The van der Waals surface area contributed by atoms with Gasteiger partial charge in [0.05, 0.1) is 12.3 Å². The number of carbonyl (C=O) groups excluding carboxylic acids is 1. The minimum atomic E-state index is -0.0593. The van der Waals surface area contributed by atoms with E-state index in [0.717, 1.165) is 19.4 Å². The van der Waals surface area contributed by atoms with Gasteiger partial charge in [-0.2, -0.15) is 10.2 Å². The molecule has 0 saturated carbocycles. The van der Waals surface area contributed by atoms with E-state index in [9.17, 15) is 4.79 Å². The van der Waals surface area contributed by atoms with Crippen molar-refractivity contribution >= 4 is 5.91 Å². The first-order chi connectivity index (χ1) is 11.3. The number of amides is 1. The number of likely N-dealkylation sites (tertiary alicyclic amines) is 1. The molecule has 0 aromatic carbocycles. The maximum absolute atomic E-state index is 12.7. The van der Waals surface area contributed by atoms with Crippen LogP contribution in [-0.4, -0.2) is 43.9 Å². The molecule has 118 valence electrons. The summed E-state index contributed by atoms with van der Waals surface area (Å²) in [7, 11) is 0. The number of nitrogens with one attached hydrogen (secondary N) is 1. The van der Waals surface area contributed by atoms with Crippen molar-refractivity contribution in [3.8, 4) is 11.5 Å². The zero-order valence-corrected chi connectivity index (χ0v) is 12.6. The molecule has 4 heterocycles. The number of carbonyl (C=O) groups is 1. The van der Waals surface area contributed by atoms with Crippen molar-refractivity contribution in [3.05, 3.63) is 48.6 Å². The molecule has 3 aromatic heterocycles. The number of furan rings is 1. The molecule has 1 aliphatic heterocycles. The zero-order chi connectivity index (χ0) is 15.6. The predicted molar refractivity (Wildman–Crippen MR) is 82.7 cm³/mol. The molecule has 0 bridgehead atoms. The van der Waals surface area contributed by atoms with E-state index in [1.54, 1.807) is 24.6 Å². The molecule has 1 saturated heterocycles. The molecular weight excluding hydrogens is 294 g/mol. The lowest BCUT2D eigenvalue weighted by Gasteiger charge is -2.32. The van der Waals surface area contributed by atoms with E-state index in [4.69, 9.17) is 4.42 Å². The summed E-state index contributed by atoms with van der Waals surface area (Å²) in [6, 6.07) is 7.50. The van der Waals surface area contributed by atoms with Crippen molar-refractivity contribution < 1.29 is 9.21 Å². The van der Waals surface area contributed by atoms with Crippen molar-refractivity contribution in [3.63, 3.8) is 0 Å². The van der Waals surface area contributed by atoms with Gasteiger partial charge in [0.25, 0.3) is 5.91 Å². The largest absolute Gasteiger partial charge is 0.463 e. The molecule has 1 N–H and O–H groups in total. The normalized spacial score (nSPS) is 18.3. The maximum atomic E-state index is 12.7. The minimum Gasteiger partial charge on any atom is -0.463 e. The quantitative estimate of drug-likeness (QED) is 0.805. The fourth-order valence-electron chi connectivity index (χ4n) is 3.00. The monoisotopic (exact) mass is 311 g/mol. The standard InChI is InChI=1S/C16H17N5O2/c22-16(14-10-13(18-19-14)15-5-2-9-23-15)20-7-1-4-12(11-20)21-8-3-6-17-21/h2-3,5-6,8-10,12H,1,4,7,11H2,(H,18,19)/t12-/m0/s1. The van der Waals surface area contributed by atoms with Crippen LogP contribution in [0.2, 0.25) is 0 Å². The van der Waals surface area contributed by atoms with Gasteiger partial charge in [-0.05, 0) is 31.0 Å². The lowest BCUT2D eigenvalue weighted by atomic mass is 10.1. The highest BCUT2D eigenvalue weighted by Gasteiger charge is 2.27. The SMILES string of the molecule is O=C(c1cc(-c2ccco2)[nH]n1)N1CCC[C@H](n2cccn2)C1. The predicted octanol–water partition coefficient (Wildman–Crippen LogP) is 2.34. The molecule has 0 spiro atoms. The van der Waals surface area contributed by atoms with Gasteiger partial charge < -0.3 is 9.32 Å². The number of hydrogen-bond donors (Lipinski definition) is 1. The van der Waals surface area contributed by atoms with Crippen LogP contribution >= 0.6 is 0 Å². The molecule has 0 radical (unpaired) electrons. The number of nitrogens with zero attached hydrogens (tertiary/aromatic N) is 4. The van der Waals surface area contributed by atoms with Crippen molar-refractivity contribution in [1.82, 2.24) is 24.9 Å². The van der Waals surface area contributed by atoms with Gasteiger partial charge in [0.2, 0.25) is 0 Å². The Kier molecular flexibility index (Phi) is 3.45. The smallest absolute Gasteiger partial charge is 0.274 e. The number of piperidine rings is 1. The number of aromatic amines is 1. The average Bonchev–Trinajstić information content (AvgIpc) is 3.36. The number of hydrogen-bond acceptors (Lipinski definition) is 4. The fourth-order valence-corrected chi connectivity index (χ4v) is 3.00. The Labute approximate surface area is 132 Å². The summed E-state index contributed by atoms with van der Waals surface area (Å²) < 4.78 is 7.25. The highest BCUT2D eigenvalue weighted by atomic mass is 16.3. The Bertz CT molecular complexity index is 775. The Morgan fingerprint density at radius 3 is 3.13 bits per heavy atom. The van der Waals surface area contributed by atoms with Crippen LogP contribution in [-0.2, 0) is 0 Å². The maximum Gasteiger partial charge on any atom is 0.274 e. The summed E-state index contributed by atoms with van der Waals surface area (Å²) in [5.41, 5.74) is 1.12. The molecule has 1 atom stereocenters. The molecule has 4 rings (SSSR count). The highest BCUT2D eigenvalue weighted by Crippen LogP contribution is 2.23. The van der Waals surface area contributed by atoms with Crippen LogP contribution in [0, 0.1) is 0 Å². The van der Waals surface area contributed by atoms with Gasteiger partial charge in [0.15, 0.2) is 11.5 Å². The van der Waals surface area contributed by atoms with E-state index in [1.807, 2.05) is 27.9 Å². The average molecular weight is 311 g/mol. The van der Waals surface area contributed by atoms with Crippen LogP contribution in [0.5, 0.6) is 0 Å². The molecule has 1 aliphatic rings. The van der Waals surface area contributed by atoms with E-state index >= 15 is 0 Å². The second-order valence-electron chi connectivity index (χ2n) is 5.68. The first kappa shape index (κ1) is 13.8. The third-order valence-electron chi connectivity index (χ3n) is 4.17. The lowest BCUT2D eigenvalue weighted by molar-refractivity contribution is 0.0667. The topological polar surface area (TPSA) is 80.0 Å². The lowest BCUT2D eigenvalue weighted by Crippen LogP contribution is -2.41. The molecule has 0 aliphatic carbocycles. The highest BCUT2D eigenvalue weighted by molar-refractivity contribution is 5.93. The first-order valence-electron chi connectivity index (χ1n) is 7.69. The summed E-state index contributed by atoms with van der Waals surface area (Å²) in [6.45, 7) is 1.41. The number of rotatable bonds is 3. The third kappa shape index (κ3) is 2.65. The van der Waals surface area contributed by atoms with Gasteiger partial charge in [0, 0.05) is 31.5 Å². The van der Waals surface area contributed by atoms with Gasteiger partial charge in [0.1, 0.15) is 5.69 Å². The van der Waals surface area contributed by atoms with E-state index in [2.05, 4.69) is 15.3 Å². The van der Waals surface area contributed by atoms with Gasteiger partial charge in [-0.3, -0.25) is 14.6 Å². The number of H-pyrrole nitrogens is 1. The van der Waals surface area contributed by atoms with Crippen LogP contribution in [0.15, 0.2) is 47.3 Å². The summed E-state index contributed by atoms with van der Waals surface area (Å²) >= 11 is 0. The van der Waals surface area contributed by atoms with Gasteiger partial charge >= 0.3 is 0 Å². The van der Waals surface area contributed by atoms with E-state index in [0.29, 0.717) is 23.7 Å². The fraction of sp³-hybridized carbons (Fsp3) is 0.312. The Morgan fingerprint density at radius 2 is 2.35 bits per heavy atom. The molecule has 1 fully saturated rings. The van der Waals surface area contributed by atoms with E-state index < -0.39 is 0 Å². The van der Waals surface area contributed by atoms with Crippen LogP contribution in [0.4, 0.5) is 0 Å². The van der Waals surface area contributed by atoms with Crippen LogP contribution in [0.1, 0.15) is 29.4 Å². The van der Waals surface area contributed by atoms with Gasteiger partial charge in [-0.15, -0.1) is 0 Å². The first-order valence-corrected chi connectivity index (χ1v) is 7.69. The molecule has 1 amide bonds. The molecule has 23 heavy (non-hydrogen) atoms. The zero-order valence-electron chi connectivity index (χ0n) is 12.6. The van der Waals surface area contributed by atoms with Crippen molar-refractivity contribution in [2.24, 2.45) is 0 Å².